The summed E-state index contributed by atoms with van der Waals surface area (Å²) in [6, 6.07) is 8.56. The molecule has 0 spiro atoms. The summed E-state index contributed by atoms with van der Waals surface area (Å²) >= 11 is 11.5. The minimum atomic E-state index is 0.335. The molecule has 5 heteroatoms. The van der Waals surface area contributed by atoms with Crippen molar-refractivity contribution in [2.24, 2.45) is 0 Å². The summed E-state index contributed by atoms with van der Waals surface area (Å²) in [7, 11) is 0. The van der Waals surface area contributed by atoms with E-state index in [2.05, 4.69) is 9.97 Å². The highest BCUT2D eigenvalue weighted by Gasteiger charge is 2.00. The summed E-state index contributed by atoms with van der Waals surface area (Å²) in [6.07, 6.45) is 1.34. The monoisotopic (exact) mass is 240 g/mol. The van der Waals surface area contributed by atoms with Gasteiger partial charge in [-0.2, -0.15) is 0 Å². The van der Waals surface area contributed by atoms with Gasteiger partial charge in [-0.1, -0.05) is 29.3 Å². The standard InChI is InChI=1S/C10H6Cl2N2O/c11-7-2-1-3-8(4-7)15-10-5-9(12)13-6-14-10/h1-6H. The van der Waals surface area contributed by atoms with Crippen LogP contribution in [-0.4, -0.2) is 9.97 Å². The van der Waals surface area contributed by atoms with Crippen LogP contribution in [0.1, 0.15) is 0 Å². The number of hydrogen-bond donors (Lipinski definition) is 0. The molecule has 0 saturated carbocycles. The number of rotatable bonds is 2. The van der Waals surface area contributed by atoms with E-state index in [1.54, 1.807) is 24.3 Å². The number of aromatic nitrogens is 2. The molecule has 2 rings (SSSR count). The van der Waals surface area contributed by atoms with Gasteiger partial charge < -0.3 is 4.74 Å². The lowest BCUT2D eigenvalue weighted by atomic mass is 10.3. The zero-order valence-electron chi connectivity index (χ0n) is 7.52. The van der Waals surface area contributed by atoms with Gasteiger partial charge in [0, 0.05) is 11.1 Å². The van der Waals surface area contributed by atoms with Gasteiger partial charge in [-0.05, 0) is 18.2 Å². The van der Waals surface area contributed by atoms with Crippen LogP contribution in [0.4, 0.5) is 0 Å². The molecule has 1 aromatic carbocycles. The van der Waals surface area contributed by atoms with Crippen molar-refractivity contribution >= 4 is 23.2 Å². The Morgan fingerprint density at radius 2 is 1.93 bits per heavy atom. The highest BCUT2D eigenvalue weighted by atomic mass is 35.5. The van der Waals surface area contributed by atoms with E-state index in [0.717, 1.165) is 0 Å². The van der Waals surface area contributed by atoms with E-state index in [1.807, 2.05) is 0 Å². The number of hydrogen-bond acceptors (Lipinski definition) is 3. The number of ether oxygens (including phenoxy) is 1. The molecule has 0 bridgehead atoms. The molecule has 0 radical (unpaired) electrons. The Bertz CT molecular complexity index is 433. The molecule has 3 nitrogen and oxygen atoms in total. The van der Waals surface area contributed by atoms with Crippen molar-refractivity contribution in [3.63, 3.8) is 0 Å². The van der Waals surface area contributed by atoms with E-state index < -0.39 is 0 Å². The maximum Gasteiger partial charge on any atom is 0.223 e. The molecule has 1 heterocycles. The Balaban J connectivity index is 2.22. The van der Waals surface area contributed by atoms with Crippen LogP contribution in [0.2, 0.25) is 10.2 Å². The number of nitrogens with zero attached hydrogens (tertiary/aromatic N) is 2. The molecular weight excluding hydrogens is 235 g/mol. The first-order valence-corrected chi connectivity index (χ1v) is 4.90. The number of benzene rings is 1. The summed E-state index contributed by atoms with van der Waals surface area (Å²) < 4.78 is 5.42. The average Bonchev–Trinajstić information content (AvgIpc) is 2.17. The second-order valence-electron chi connectivity index (χ2n) is 2.74. The predicted octanol–water partition coefficient (Wildman–Crippen LogP) is 3.58. The first-order valence-electron chi connectivity index (χ1n) is 4.15. The molecule has 76 valence electrons. The van der Waals surface area contributed by atoms with Crippen LogP contribution in [0, 0.1) is 0 Å². The third-order valence-corrected chi connectivity index (χ3v) is 2.07. The largest absolute Gasteiger partial charge is 0.439 e. The summed E-state index contributed by atoms with van der Waals surface area (Å²) in [5, 5.41) is 0.940. The van der Waals surface area contributed by atoms with Crippen LogP contribution in [0.3, 0.4) is 0 Å². The lowest BCUT2D eigenvalue weighted by Gasteiger charge is -2.03. The number of halogens is 2. The molecule has 0 fully saturated rings. The quantitative estimate of drug-likeness (QED) is 0.753. The topological polar surface area (TPSA) is 35.0 Å². The zero-order chi connectivity index (χ0) is 10.7. The van der Waals surface area contributed by atoms with Crippen molar-refractivity contribution in [1.82, 2.24) is 9.97 Å². The molecule has 0 N–H and O–H groups in total. The summed E-state index contributed by atoms with van der Waals surface area (Å²) in [4.78, 5) is 7.65. The van der Waals surface area contributed by atoms with Crippen LogP contribution < -0.4 is 4.74 Å². The SMILES string of the molecule is Clc1cccc(Oc2cc(Cl)ncn2)c1. The van der Waals surface area contributed by atoms with Gasteiger partial charge in [-0.3, -0.25) is 0 Å². The van der Waals surface area contributed by atoms with Crippen LogP contribution >= 0.6 is 23.2 Å². The summed E-state index contributed by atoms with van der Waals surface area (Å²) in [6.45, 7) is 0. The maximum absolute atomic E-state index is 5.80. The maximum atomic E-state index is 5.80. The highest BCUT2D eigenvalue weighted by molar-refractivity contribution is 6.30. The third-order valence-electron chi connectivity index (χ3n) is 1.63. The zero-order valence-corrected chi connectivity index (χ0v) is 9.03. The van der Waals surface area contributed by atoms with Crippen LogP contribution in [0.5, 0.6) is 11.6 Å². The normalized spacial score (nSPS) is 10.0. The smallest absolute Gasteiger partial charge is 0.223 e. The van der Waals surface area contributed by atoms with Gasteiger partial charge in [0.05, 0.1) is 0 Å². The van der Waals surface area contributed by atoms with Crippen LogP contribution in [-0.2, 0) is 0 Å². The van der Waals surface area contributed by atoms with Crippen molar-refractivity contribution in [3.05, 3.63) is 46.8 Å². The predicted molar refractivity (Wildman–Crippen MR) is 58.6 cm³/mol. The third kappa shape index (κ3) is 2.81. The van der Waals surface area contributed by atoms with Gasteiger partial charge >= 0.3 is 0 Å². The second kappa shape index (κ2) is 4.47. The minimum Gasteiger partial charge on any atom is -0.439 e. The molecule has 0 unspecified atom stereocenters. The van der Waals surface area contributed by atoms with E-state index in [4.69, 9.17) is 27.9 Å². The van der Waals surface area contributed by atoms with Gasteiger partial charge in [0.1, 0.15) is 17.2 Å². The van der Waals surface area contributed by atoms with Gasteiger partial charge in [0.2, 0.25) is 5.88 Å². The Labute approximate surface area is 96.6 Å². The van der Waals surface area contributed by atoms with E-state index in [-0.39, 0.29) is 0 Å². The molecule has 1 aromatic heterocycles. The average molecular weight is 241 g/mol. The molecule has 0 atom stereocenters. The van der Waals surface area contributed by atoms with E-state index >= 15 is 0 Å². The Kier molecular flexibility index (Phi) is 3.04. The Morgan fingerprint density at radius 3 is 2.67 bits per heavy atom. The second-order valence-corrected chi connectivity index (χ2v) is 3.56. The molecular formula is C10H6Cl2N2O. The fraction of sp³-hybridized carbons (Fsp3) is 0. The van der Waals surface area contributed by atoms with Crippen molar-refractivity contribution in [1.29, 1.82) is 0 Å². The molecule has 0 aliphatic heterocycles. The molecule has 0 saturated heterocycles. The Hall–Kier alpha value is -1.32. The summed E-state index contributed by atoms with van der Waals surface area (Å²) in [5.74, 6) is 0.995. The first-order chi connectivity index (χ1) is 7.24. The summed E-state index contributed by atoms with van der Waals surface area (Å²) in [5.41, 5.74) is 0. The van der Waals surface area contributed by atoms with E-state index in [1.165, 1.54) is 12.4 Å². The molecule has 15 heavy (non-hydrogen) atoms. The molecule has 0 aliphatic rings. The fourth-order valence-corrected chi connectivity index (χ4v) is 1.34. The first kappa shape index (κ1) is 10.2. The van der Waals surface area contributed by atoms with Gasteiger partial charge in [0.25, 0.3) is 0 Å². The van der Waals surface area contributed by atoms with Gasteiger partial charge in [-0.25, -0.2) is 9.97 Å². The van der Waals surface area contributed by atoms with Crippen molar-refractivity contribution in [3.8, 4) is 11.6 Å². The lowest BCUT2D eigenvalue weighted by Crippen LogP contribution is -1.88. The van der Waals surface area contributed by atoms with Gasteiger partial charge in [-0.15, -0.1) is 0 Å². The van der Waals surface area contributed by atoms with Crippen molar-refractivity contribution in [2.75, 3.05) is 0 Å². The molecule has 0 amide bonds. The highest BCUT2D eigenvalue weighted by Crippen LogP contribution is 2.23. The van der Waals surface area contributed by atoms with Crippen molar-refractivity contribution in [2.45, 2.75) is 0 Å². The van der Waals surface area contributed by atoms with Crippen LogP contribution in [0.15, 0.2) is 36.7 Å². The molecule has 0 aliphatic carbocycles. The van der Waals surface area contributed by atoms with Crippen molar-refractivity contribution < 1.29 is 4.74 Å². The fourth-order valence-electron chi connectivity index (χ4n) is 1.02. The van der Waals surface area contributed by atoms with Crippen LogP contribution in [0.25, 0.3) is 0 Å². The molecule has 2 aromatic rings. The van der Waals surface area contributed by atoms with E-state index in [0.29, 0.717) is 21.8 Å². The lowest BCUT2D eigenvalue weighted by molar-refractivity contribution is 0.461. The van der Waals surface area contributed by atoms with E-state index in [9.17, 15) is 0 Å². The Morgan fingerprint density at radius 1 is 1.07 bits per heavy atom. The van der Waals surface area contributed by atoms with Gasteiger partial charge in [0.15, 0.2) is 0 Å². The minimum absolute atomic E-state index is 0.335.